The van der Waals surface area contributed by atoms with Crippen molar-refractivity contribution in [2.24, 2.45) is 5.92 Å². The van der Waals surface area contributed by atoms with Crippen molar-refractivity contribution in [1.29, 1.82) is 0 Å². The van der Waals surface area contributed by atoms with Crippen LogP contribution in [-0.4, -0.2) is 31.0 Å². The molecule has 0 aliphatic carbocycles. The molecule has 5 heteroatoms. The molecule has 3 nitrogen and oxygen atoms in total. The summed E-state index contributed by atoms with van der Waals surface area (Å²) in [6.07, 6.45) is -0.559. The molecule has 0 aromatic heterocycles. The first-order valence-electron chi connectivity index (χ1n) is 6.39. The predicted molar refractivity (Wildman–Crippen MR) is 74.8 cm³/mol. The Hall–Kier alpha value is -0.680. The summed E-state index contributed by atoms with van der Waals surface area (Å²) in [5.74, 6) is 0.0268. The van der Waals surface area contributed by atoms with Gasteiger partial charge in [-0.2, -0.15) is 0 Å². The minimum absolute atomic E-state index is 0.117. The van der Waals surface area contributed by atoms with Crippen LogP contribution in [0, 0.1) is 11.7 Å². The molecule has 1 aromatic carbocycles. The molecule has 0 spiro atoms. The van der Waals surface area contributed by atoms with E-state index in [2.05, 4.69) is 19.2 Å². The summed E-state index contributed by atoms with van der Waals surface area (Å²) in [7, 11) is 0. The lowest BCUT2D eigenvalue weighted by molar-refractivity contribution is 0.0260. The maximum absolute atomic E-state index is 13.2. The van der Waals surface area contributed by atoms with Crippen molar-refractivity contribution < 1.29 is 14.2 Å². The van der Waals surface area contributed by atoms with Gasteiger partial charge in [-0.05, 0) is 23.6 Å². The number of hydrogen-bond acceptors (Lipinski definition) is 3. The molecule has 0 saturated heterocycles. The van der Waals surface area contributed by atoms with Crippen molar-refractivity contribution >= 4 is 11.6 Å². The van der Waals surface area contributed by atoms with Gasteiger partial charge < -0.3 is 15.2 Å². The van der Waals surface area contributed by atoms with E-state index in [1.807, 2.05) is 0 Å². The van der Waals surface area contributed by atoms with Crippen LogP contribution in [0.5, 0.6) is 0 Å². The molecule has 0 aliphatic rings. The van der Waals surface area contributed by atoms with Crippen molar-refractivity contribution in [1.82, 2.24) is 5.32 Å². The second-order valence-electron chi connectivity index (χ2n) is 4.96. The van der Waals surface area contributed by atoms with E-state index < -0.39 is 11.9 Å². The first-order chi connectivity index (χ1) is 8.99. The second-order valence-corrected chi connectivity index (χ2v) is 5.37. The summed E-state index contributed by atoms with van der Waals surface area (Å²) >= 11 is 5.60. The lowest BCUT2D eigenvalue weighted by Gasteiger charge is -2.13. The highest BCUT2D eigenvalue weighted by Crippen LogP contribution is 2.15. The summed E-state index contributed by atoms with van der Waals surface area (Å²) in [6, 6.07) is 4.66. The molecule has 1 aromatic rings. The van der Waals surface area contributed by atoms with Gasteiger partial charge in [0.15, 0.2) is 0 Å². The normalized spacial score (nSPS) is 12.9. The van der Waals surface area contributed by atoms with Gasteiger partial charge in [-0.3, -0.25) is 0 Å². The zero-order valence-electron chi connectivity index (χ0n) is 11.3. The van der Waals surface area contributed by atoms with Crippen LogP contribution in [0.2, 0.25) is 5.02 Å². The maximum Gasteiger partial charge on any atom is 0.142 e. The summed E-state index contributed by atoms with van der Waals surface area (Å²) < 4.78 is 18.5. The molecule has 0 radical (unpaired) electrons. The SMILES string of the molecule is CC(C)COCC(O)CNCc1ccc(Cl)c(F)c1. The molecular formula is C14H21ClFNO2. The monoisotopic (exact) mass is 289 g/mol. The van der Waals surface area contributed by atoms with Gasteiger partial charge >= 0.3 is 0 Å². The molecule has 1 atom stereocenters. The molecule has 108 valence electrons. The smallest absolute Gasteiger partial charge is 0.142 e. The van der Waals surface area contributed by atoms with E-state index in [4.69, 9.17) is 16.3 Å². The average Bonchev–Trinajstić information content (AvgIpc) is 2.33. The second kappa shape index (κ2) is 8.48. The fourth-order valence-electron chi connectivity index (χ4n) is 1.53. The minimum Gasteiger partial charge on any atom is -0.389 e. The molecule has 19 heavy (non-hydrogen) atoms. The summed E-state index contributed by atoms with van der Waals surface area (Å²) in [4.78, 5) is 0. The van der Waals surface area contributed by atoms with E-state index in [0.29, 0.717) is 32.2 Å². The lowest BCUT2D eigenvalue weighted by atomic mass is 10.2. The number of benzene rings is 1. The van der Waals surface area contributed by atoms with Gasteiger partial charge in [0, 0.05) is 19.7 Å². The molecule has 0 aliphatic heterocycles. The van der Waals surface area contributed by atoms with Gasteiger partial charge in [-0.25, -0.2) is 4.39 Å². The van der Waals surface area contributed by atoms with Gasteiger partial charge in [-0.15, -0.1) is 0 Å². The molecular weight excluding hydrogens is 269 g/mol. The van der Waals surface area contributed by atoms with Crippen LogP contribution in [0.1, 0.15) is 19.4 Å². The van der Waals surface area contributed by atoms with Gasteiger partial charge in [-0.1, -0.05) is 31.5 Å². The zero-order chi connectivity index (χ0) is 14.3. The molecule has 0 saturated carbocycles. The Labute approximate surface area is 118 Å². The number of aliphatic hydroxyl groups excluding tert-OH is 1. The Morgan fingerprint density at radius 2 is 2.11 bits per heavy atom. The van der Waals surface area contributed by atoms with Crippen LogP contribution >= 0.6 is 11.6 Å². The Balaban J connectivity index is 2.20. The number of hydrogen-bond donors (Lipinski definition) is 2. The molecule has 1 unspecified atom stereocenters. The summed E-state index contributed by atoms with van der Waals surface area (Å²) in [6.45, 7) is 5.94. The van der Waals surface area contributed by atoms with Crippen LogP contribution < -0.4 is 5.32 Å². The number of halogens is 2. The Bertz CT molecular complexity index is 388. The topological polar surface area (TPSA) is 41.5 Å². The van der Waals surface area contributed by atoms with E-state index in [0.717, 1.165) is 5.56 Å². The van der Waals surface area contributed by atoms with Crippen LogP contribution in [0.25, 0.3) is 0 Å². The van der Waals surface area contributed by atoms with Gasteiger partial charge in [0.05, 0.1) is 17.7 Å². The van der Waals surface area contributed by atoms with E-state index in [9.17, 15) is 9.50 Å². The largest absolute Gasteiger partial charge is 0.389 e. The van der Waals surface area contributed by atoms with Gasteiger partial charge in [0.25, 0.3) is 0 Å². The van der Waals surface area contributed by atoms with E-state index in [-0.39, 0.29) is 5.02 Å². The molecule has 2 N–H and O–H groups in total. The zero-order valence-corrected chi connectivity index (χ0v) is 12.1. The first kappa shape index (κ1) is 16.4. The number of nitrogens with one attached hydrogen (secondary N) is 1. The number of rotatable bonds is 8. The molecule has 1 rings (SSSR count). The highest BCUT2D eigenvalue weighted by Gasteiger charge is 2.05. The fraction of sp³-hybridized carbons (Fsp3) is 0.571. The third kappa shape index (κ3) is 6.87. The van der Waals surface area contributed by atoms with Crippen LogP contribution in [-0.2, 0) is 11.3 Å². The Kier molecular flexibility index (Phi) is 7.31. The third-order valence-electron chi connectivity index (χ3n) is 2.45. The third-order valence-corrected chi connectivity index (χ3v) is 2.76. The average molecular weight is 290 g/mol. The maximum atomic E-state index is 13.2. The van der Waals surface area contributed by atoms with E-state index in [1.54, 1.807) is 6.07 Å². The molecule has 0 bridgehead atoms. The lowest BCUT2D eigenvalue weighted by Crippen LogP contribution is -2.30. The van der Waals surface area contributed by atoms with E-state index >= 15 is 0 Å². The van der Waals surface area contributed by atoms with Crippen LogP contribution in [0.3, 0.4) is 0 Å². The van der Waals surface area contributed by atoms with E-state index in [1.165, 1.54) is 12.1 Å². The molecule has 0 fully saturated rings. The minimum atomic E-state index is -0.559. The fourth-order valence-corrected chi connectivity index (χ4v) is 1.65. The van der Waals surface area contributed by atoms with Gasteiger partial charge in [0.1, 0.15) is 5.82 Å². The highest BCUT2D eigenvalue weighted by atomic mass is 35.5. The Morgan fingerprint density at radius 1 is 1.37 bits per heavy atom. The quantitative estimate of drug-likeness (QED) is 0.773. The van der Waals surface area contributed by atoms with Crippen LogP contribution in [0.15, 0.2) is 18.2 Å². The van der Waals surface area contributed by atoms with Crippen molar-refractivity contribution in [3.63, 3.8) is 0 Å². The number of ether oxygens (including phenoxy) is 1. The van der Waals surface area contributed by atoms with Gasteiger partial charge in [0.2, 0.25) is 0 Å². The molecule has 0 amide bonds. The van der Waals surface area contributed by atoms with Crippen molar-refractivity contribution in [3.8, 4) is 0 Å². The Morgan fingerprint density at radius 3 is 2.74 bits per heavy atom. The van der Waals surface area contributed by atoms with Crippen molar-refractivity contribution in [3.05, 3.63) is 34.6 Å². The first-order valence-corrected chi connectivity index (χ1v) is 6.77. The van der Waals surface area contributed by atoms with Crippen molar-refractivity contribution in [2.45, 2.75) is 26.5 Å². The summed E-state index contributed by atoms with van der Waals surface area (Å²) in [5, 5.41) is 12.8. The standard InChI is InChI=1S/C14H21ClFNO2/c1-10(2)8-19-9-12(18)7-17-6-11-3-4-13(15)14(16)5-11/h3-5,10,12,17-18H,6-9H2,1-2H3. The van der Waals surface area contributed by atoms with Crippen LogP contribution in [0.4, 0.5) is 4.39 Å². The predicted octanol–water partition coefficient (Wildman–Crippen LogP) is 2.60. The molecule has 0 heterocycles. The van der Waals surface area contributed by atoms with Crippen molar-refractivity contribution in [2.75, 3.05) is 19.8 Å². The number of aliphatic hydroxyl groups is 1. The summed E-state index contributed by atoms with van der Waals surface area (Å²) in [5.41, 5.74) is 0.789. The highest BCUT2D eigenvalue weighted by molar-refractivity contribution is 6.30.